The van der Waals surface area contributed by atoms with Gasteiger partial charge in [0.05, 0.1) is 16.5 Å². The zero-order valence-electron chi connectivity index (χ0n) is 15.0. The highest BCUT2D eigenvalue weighted by molar-refractivity contribution is 7.99. The molecule has 146 valence electrons. The summed E-state index contributed by atoms with van der Waals surface area (Å²) in [5.74, 6) is 0.904. The molecule has 3 rings (SSSR count). The number of halogens is 2. The first-order chi connectivity index (χ1) is 13.5. The molecular weight excluding hydrogens is 437 g/mol. The zero-order chi connectivity index (χ0) is 20.1. The van der Waals surface area contributed by atoms with Crippen LogP contribution in [0.1, 0.15) is 12.7 Å². The van der Waals surface area contributed by atoms with E-state index < -0.39 is 0 Å². The predicted octanol–water partition coefficient (Wildman–Crippen LogP) is 5.19. The first-order valence-electron chi connectivity index (χ1n) is 8.38. The number of allylic oxidation sites excluding steroid dienone is 1. The molecule has 10 heteroatoms. The maximum absolute atomic E-state index is 12.3. The average Bonchev–Trinajstić information content (AvgIpc) is 3.27. The molecule has 1 N–H and O–H groups in total. The van der Waals surface area contributed by atoms with Gasteiger partial charge in [0, 0.05) is 28.9 Å². The standard InChI is InChI=1S/C18H17Cl2N5OS2/c1-3-7-25-15(4-2)23-24-18(25)28-10-16(26)22-17-21-14(9-27-17)12-6-5-11(19)8-13(12)20/h3,5-6,8-9H,1,4,7,10H2,2H3,(H,21,22,26). The first-order valence-corrected chi connectivity index (χ1v) is 11.0. The van der Waals surface area contributed by atoms with E-state index in [1.54, 1.807) is 24.3 Å². The molecule has 0 aliphatic heterocycles. The Labute approximate surface area is 181 Å². The number of aromatic nitrogens is 4. The Balaban J connectivity index is 1.62. The van der Waals surface area contributed by atoms with Gasteiger partial charge in [-0.25, -0.2) is 4.98 Å². The zero-order valence-corrected chi connectivity index (χ0v) is 18.1. The van der Waals surface area contributed by atoms with Crippen molar-refractivity contribution in [2.45, 2.75) is 25.0 Å². The van der Waals surface area contributed by atoms with Gasteiger partial charge in [0.25, 0.3) is 0 Å². The fraction of sp³-hybridized carbons (Fsp3) is 0.222. The van der Waals surface area contributed by atoms with Crippen molar-refractivity contribution in [1.82, 2.24) is 19.7 Å². The molecule has 3 aromatic rings. The highest BCUT2D eigenvalue weighted by atomic mass is 35.5. The van der Waals surface area contributed by atoms with E-state index in [1.165, 1.54) is 23.1 Å². The minimum atomic E-state index is -0.167. The van der Waals surface area contributed by atoms with Crippen LogP contribution < -0.4 is 5.32 Å². The summed E-state index contributed by atoms with van der Waals surface area (Å²) in [6.45, 7) is 6.37. The van der Waals surface area contributed by atoms with Crippen LogP contribution in [0.4, 0.5) is 5.13 Å². The normalized spacial score (nSPS) is 10.8. The molecule has 0 saturated carbocycles. The fourth-order valence-electron chi connectivity index (χ4n) is 2.44. The van der Waals surface area contributed by atoms with Crippen LogP contribution >= 0.6 is 46.3 Å². The summed E-state index contributed by atoms with van der Waals surface area (Å²) in [6, 6.07) is 5.22. The molecule has 0 atom stereocenters. The summed E-state index contributed by atoms with van der Waals surface area (Å²) in [5, 5.41) is 15.2. The Hall–Kier alpha value is -1.87. The number of thioether (sulfide) groups is 1. The summed E-state index contributed by atoms with van der Waals surface area (Å²) in [6.07, 6.45) is 2.55. The highest BCUT2D eigenvalue weighted by Gasteiger charge is 2.14. The molecule has 28 heavy (non-hydrogen) atoms. The number of amides is 1. The van der Waals surface area contributed by atoms with Gasteiger partial charge in [-0.3, -0.25) is 4.79 Å². The number of anilines is 1. The van der Waals surface area contributed by atoms with Crippen LogP contribution in [-0.4, -0.2) is 31.4 Å². The molecule has 0 unspecified atom stereocenters. The Morgan fingerprint density at radius 1 is 1.39 bits per heavy atom. The second-order valence-electron chi connectivity index (χ2n) is 5.65. The van der Waals surface area contributed by atoms with Crippen LogP contribution in [0.15, 0.2) is 41.4 Å². The first kappa shape index (κ1) is 20.9. The Morgan fingerprint density at radius 3 is 2.93 bits per heavy atom. The lowest BCUT2D eigenvalue weighted by Crippen LogP contribution is -2.14. The number of aryl methyl sites for hydroxylation is 1. The van der Waals surface area contributed by atoms with Gasteiger partial charge in [-0.15, -0.1) is 28.1 Å². The number of hydrogen-bond donors (Lipinski definition) is 1. The Kier molecular flexibility index (Phi) is 7.12. The number of nitrogens with one attached hydrogen (secondary N) is 1. The molecular formula is C18H17Cl2N5OS2. The molecule has 2 heterocycles. The maximum atomic E-state index is 12.3. The number of thiazole rings is 1. The van der Waals surface area contributed by atoms with E-state index in [0.717, 1.165) is 17.8 Å². The second-order valence-corrected chi connectivity index (χ2v) is 8.29. The van der Waals surface area contributed by atoms with E-state index in [2.05, 4.69) is 27.1 Å². The molecule has 1 aromatic carbocycles. The summed E-state index contributed by atoms with van der Waals surface area (Å²) >= 11 is 14.8. The largest absolute Gasteiger partial charge is 0.302 e. The van der Waals surface area contributed by atoms with Gasteiger partial charge >= 0.3 is 0 Å². The molecule has 6 nitrogen and oxygen atoms in total. The molecule has 0 bridgehead atoms. The highest BCUT2D eigenvalue weighted by Crippen LogP contribution is 2.32. The number of hydrogen-bond acceptors (Lipinski definition) is 6. The van der Waals surface area contributed by atoms with Crippen molar-refractivity contribution in [2.24, 2.45) is 0 Å². The predicted molar refractivity (Wildman–Crippen MR) is 117 cm³/mol. The third-order valence-corrected chi connectivity index (χ3v) is 5.98. The van der Waals surface area contributed by atoms with Crippen molar-refractivity contribution in [1.29, 1.82) is 0 Å². The van der Waals surface area contributed by atoms with Gasteiger partial charge in [-0.1, -0.05) is 48.0 Å². The van der Waals surface area contributed by atoms with Gasteiger partial charge in [-0.2, -0.15) is 0 Å². The summed E-state index contributed by atoms with van der Waals surface area (Å²) in [5.41, 5.74) is 1.45. The Morgan fingerprint density at radius 2 is 2.21 bits per heavy atom. The topological polar surface area (TPSA) is 72.7 Å². The van der Waals surface area contributed by atoms with E-state index in [4.69, 9.17) is 23.2 Å². The van der Waals surface area contributed by atoms with Crippen molar-refractivity contribution in [2.75, 3.05) is 11.1 Å². The van der Waals surface area contributed by atoms with Crippen LogP contribution in [0.25, 0.3) is 11.3 Å². The van der Waals surface area contributed by atoms with Crippen molar-refractivity contribution in [3.8, 4) is 11.3 Å². The lowest BCUT2D eigenvalue weighted by atomic mass is 10.2. The van der Waals surface area contributed by atoms with Crippen LogP contribution in [0.3, 0.4) is 0 Å². The summed E-state index contributed by atoms with van der Waals surface area (Å²) in [4.78, 5) is 16.7. The third kappa shape index (κ3) is 4.94. The third-order valence-electron chi connectivity index (χ3n) is 3.71. The van der Waals surface area contributed by atoms with Crippen molar-refractivity contribution in [3.63, 3.8) is 0 Å². The van der Waals surface area contributed by atoms with Gasteiger partial charge in [-0.05, 0) is 18.2 Å². The van der Waals surface area contributed by atoms with E-state index in [-0.39, 0.29) is 11.7 Å². The SMILES string of the molecule is C=CCn1c(CC)nnc1SCC(=O)Nc1nc(-c2ccc(Cl)cc2Cl)cs1. The van der Waals surface area contributed by atoms with Crippen molar-refractivity contribution < 1.29 is 4.79 Å². The molecule has 0 radical (unpaired) electrons. The molecule has 0 aliphatic carbocycles. The number of carbonyl (C=O) groups is 1. The number of carbonyl (C=O) groups excluding carboxylic acids is 1. The van der Waals surface area contributed by atoms with E-state index >= 15 is 0 Å². The van der Waals surface area contributed by atoms with Crippen LogP contribution in [-0.2, 0) is 17.8 Å². The van der Waals surface area contributed by atoms with Crippen molar-refractivity contribution >= 4 is 57.3 Å². The number of rotatable bonds is 8. The van der Waals surface area contributed by atoms with E-state index in [1.807, 2.05) is 16.9 Å². The van der Waals surface area contributed by atoms with Crippen LogP contribution in [0, 0.1) is 0 Å². The summed E-state index contributed by atoms with van der Waals surface area (Å²) in [7, 11) is 0. The smallest absolute Gasteiger partial charge is 0.236 e. The van der Waals surface area contributed by atoms with Gasteiger partial charge in [0.1, 0.15) is 5.82 Å². The summed E-state index contributed by atoms with van der Waals surface area (Å²) < 4.78 is 1.95. The number of benzene rings is 1. The fourth-order valence-corrected chi connectivity index (χ4v) is 4.44. The molecule has 0 aliphatic rings. The lowest BCUT2D eigenvalue weighted by molar-refractivity contribution is -0.113. The van der Waals surface area contributed by atoms with Crippen LogP contribution in [0.5, 0.6) is 0 Å². The van der Waals surface area contributed by atoms with Gasteiger partial charge in [0.2, 0.25) is 5.91 Å². The van der Waals surface area contributed by atoms with Crippen molar-refractivity contribution in [3.05, 3.63) is 52.1 Å². The van der Waals surface area contributed by atoms with Crippen LogP contribution in [0.2, 0.25) is 10.0 Å². The monoisotopic (exact) mass is 453 g/mol. The van der Waals surface area contributed by atoms with E-state index in [9.17, 15) is 4.79 Å². The average molecular weight is 454 g/mol. The van der Waals surface area contributed by atoms with Gasteiger partial charge in [0.15, 0.2) is 10.3 Å². The molecule has 0 spiro atoms. The van der Waals surface area contributed by atoms with E-state index in [0.29, 0.717) is 32.6 Å². The minimum Gasteiger partial charge on any atom is -0.302 e. The van der Waals surface area contributed by atoms with Gasteiger partial charge < -0.3 is 9.88 Å². The number of nitrogens with zero attached hydrogens (tertiary/aromatic N) is 4. The molecule has 0 fully saturated rings. The Bertz CT molecular complexity index is 1000. The quantitative estimate of drug-likeness (QED) is 0.375. The maximum Gasteiger partial charge on any atom is 0.236 e. The minimum absolute atomic E-state index is 0.167. The second kappa shape index (κ2) is 9.56. The molecule has 0 saturated heterocycles. The lowest BCUT2D eigenvalue weighted by Gasteiger charge is -2.06. The molecule has 1 amide bonds. The molecule has 2 aromatic heterocycles.